The van der Waals surface area contributed by atoms with Gasteiger partial charge in [-0.3, -0.25) is 9.59 Å². The molecular formula is C17H21N5O3S. The third-order valence-electron chi connectivity index (χ3n) is 3.35. The van der Waals surface area contributed by atoms with E-state index in [9.17, 15) is 9.59 Å². The summed E-state index contributed by atoms with van der Waals surface area (Å²) in [5.41, 5.74) is 9.98. The van der Waals surface area contributed by atoms with Gasteiger partial charge in [-0.05, 0) is 24.6 Å². The second-order valence-electron chi connectivity index (χ2n) is 5.54. The predicted octanol–water partition coefficient (Wildman–Crippen LogP) is 1.47. The summed E-state index contributed by atoms with van der Waals surface area (Å²) in [6.07, 6.45) is 0.189. The molecule has 9 heteroatoms. The average molecular weight is 375 g/mol. The van der Waals surface area contributed by atoms with Crippen LogP contribution in [0.25, 0.3) is 0 Å². The number of carbonyl (C=O) groups excluding carboxylic acids is 2. The molecule has 0 radical (unpaired) electrons. The molecule has 2 aromatic rings. The number of nitrogen functional groups attached to an aromatic ring is 1. The number of anilines is 1. The predicted molar refractivity (Wildman–Crippen MR) is 101 cm³/mol. The zero-order chi connectivity index (χ0) is 18.9. The summed E-state index contributed by atoms with van der Waals surface area (Å²) in [5, 5.41) is 8.87. The van der Waals surface area contributed by atoms with Gasteiger partial charge in [-0.25, -0.2) is 10.4 Å². The van der Waals surface area contributed by atoms with Gasteiger partial charge in [0.05, 0.1) is 25.6 Å². The normalized spacial score (nSPS) is 11.1. The van der Waals surface area contributed by atoms with Crippen LogP contribution in [0, 0.1) is 0 Å². The van der Waals surface area contributed by atoms with Crippen molar-refractivity contribution in [3.8, 4) is 5.75 Å². The Morgan fingerprint density at radius 1 is 1.27 bits per heavy atom. The van der Waals surface area contributed by atoms with Crippen molar-refractivity contribution in [1.82, 2.24) is 15.7 Å². The third kappa shape index (κ3) is 6.52. The lowest BCUT2D eigenvalue weighted by Crippen LogP contribution is -2.26. The molecule has 0 fully saturated rings. The van der Waals surface area contributed by atoms with Crippen LogP contribution in [0.3, 0.4) is 0 Å². The number of nitrogens with one attached hydrogen (secondary N) is 2. The first-order valence-electron chi connectivity index (χ1n) is 7.87. The quantitative estimate of drug-likeness (QED) is 0.477. The van der Waals surface area contributed by atoms with E-state index in [-0.39, 0.29) is 24.7 Å². The lowest BCUT2D eigenvalue weighted by molar-refractivity contribution is -0.121. The maximum atomic E-state index is 11.9. The van der Waals surface area contributed by atoms with E-state index in [1.54, 1.807) is 19.4 Å². The first-order valence-corrected chi connectivity index (χ1v) is 8.75. The lowest BCUT2D eigenvalue weighted by atomic mass is 10.2. The Kier molecular flexibility index (Phi) is 7.10. The molecule has 0 aliphatic rings. The Balaban J connectivity index is 1.72. The number of thiazole rings is 1. The Bertz CT molecular complexity index is 786. The molecule has 0 saturated carbocycles. The van der Waals surface area contributed by atoms with Gasteiger partial charge in [0, 0.05) is 17.6 Å². The Labute approximate surface area is 155 Å². The molecule has 0 aliphatic carbocycles. The number of benzene rings is 1. The number of hydrogen-bond acceptors (Lipinski definition) is 7. The van der Waals surface area contributed by atoms with Crippen molar-refractivity contribution in [2.45, 2.75) is 26.3 Å². The topological polar surface area (TPSA) is 119 Å². The minimum atomic E-state index is -0.312. The first-order chi connectivity index (χ1) is 12.5. The van der Waals surface area contributed by atoms with Crippen molar-refractivity contribution in [2.75, 3.05) is 12.8 Å². The maximum absolute atomic E-state index is 11.9. The summed E-state index contributed by atoms with van der Waals surface area (Å²) in [6.45, 7) is 2.09. The summed E-state index contributed by atoms with van der Waals surface area (Å²) in [5.74, 6) is 0.274. The summed E-state index contributed by atoms with van der Waals surface area (Å²) < 4.78 is 5.09. The Morgan fingerprint density at radius 2 is 2.00 bits per heavy atom. The van der Waals surface area contributed by atoms with E-state index in [0.717, 1.165) is 11.3 Å². The van der Waals surface area contributed by atoms with Gasteiger partial charge in [-0.15, -0.1) is 11.3 Å². The number of hydrazone groups is 1. The standard InChI is InChI=1S/C17H21N5O3S/c1-11(21-22-16(24)8-13-10-26-17(18)20-13)7-15(23)19-9-12-3-5-14(25-2)6-4-12/h3-6,10H,7-9H2,1-2H3,(H2,18,20)(H,19,23)(H,22,24). The molecule has 8 nitrogen and oxygen atoms in total. The maximum Gasteiger partial charge on any atom is 0.246 e. The highest BCUT2D eigenvalue weighted by Crippen LogP contribution is 2.11. The highest BCUT2D eigenvalue weighted by Gasteiger charge is 2.07. The van der Waals surface area contributed by atoms with Gasteiger partial charge >= 0.3 is 0 Å². The van der Waals surface area contributed by atoms with Crippen molar-refractivity contribution < 1.29 is 14.3 Å². The van der Waals surface area contributed by atoms with E-state index in [1.807, 2.05) is 24.3 Å². The van der Waals surface area contributed by atoms with Crippen LogP contribution in [0.2, 0.25) is 0 Å². The molecule has 138 valence electrons. The second kappa shape index (κ2) is 9.52. The Hall–Kier alpha value is -2.94. The molecule has 0 unspecified atom stereocenters. The SMILES string of the molecule is COc1ccc(CNC(=O)CC(C)=NNC(=O)Cc2csc(N)n2)cc1. The van der Waals surface area contributed by atoms with Crippen molar-refractivity contribution in [3.63, 3.8) is 0 Å². The fourth-order valence-electron chi connectivity index (χ4n) is 2.04. The zero-order valence-corrected chi connectivity index (χ0v) is 15.4. The van der Waals surface area contributed by atoms with Gasteiger partial charge in [0.15, 0.2) is 5.13 Å². The van der Waals surface area contributed by atoms with Crippen molar-refractivity contribution >= 4 is 34.0 Å². The van der Waals surface area contributed by atoms with Crippen molar-refractivity contribution in [3.05, 3.63) is 40.9 Å². The number of hydrogen-bond donors (Lipinski definition) is 3. The minimum absolute atomic E-state index is 0.0914. The lowest BCUT2D eigenvalue weighted by Gasteiger charge is -2.06. The molecule has 0 aliphatic heterocycles. The summed E-state index contributed by atoms with van der Waals surface area (Å²) >= 11 is 1.28. The van der Waals surface area contributed by atoms with Crippen LogP contribution in [0.4, 0.5) is 5.13 Å². The van der Waals surface area contributed by atoms with Crippen LogP contribution in [0.5, 0.6) is 5.75 Å². The van der Waals surface area contributed by atoms with Gasteiger partial charge in [0.2, 0.25) is 11.8 Å². The molecule has 1 aromatic heterocycles. The molecular weight excluding hydrogens is 354 g/mol. The monoisotopic (exact) mass is 375 g/mol. The first kappa shape index (κ1) is 19.4. The number of nitrogens with zero attached hydrogens (tertiary/aromatic N) is 2. The molecule has 1 aromatic carbocycles. The number of carbonyl (C=O) groups is 2. The number of aromatic nitrogens is 1. The summed E-state index contributed by atoms with van der Waals surface area (Å²) in [7, 11) is 1.60. The van der Waals surface area contributed by atoms with Crippen molar-refractivity contribution in [2.24, 2.45) is 5.10 Å². The van der Waals surface area contributed by atoms with E-state index < -0.39 is 0 Å². The largest absolute Gasteiger partial charge is 0.497 e. The van der Waals surface area contributed by atoms with Crippen LogP contribution < -0.4 is 21.2 Å². The van der Waals surface area contributed by atoms with Gasteiger partial charge in [0.25, 0.3) is 0 Å². The molecule has 26 heavy (non-hydrogen) atoms. The third-order valence-corrected chi connectivity index (χ3v) is 4.07. The van der Waals surface area contributed by atoms with E-state index >= 15 is 0 Å². The molecule has 4 N–H and O–H groups in total. The number of methoxy groups -OCH3 is 1. The summed E-state index contributed by atoms with van der Waals surface area (Å²) in [4.78, 5) is 27.7. The van der Waals surface area contributed by atoms with Gasteiger partial charge in [0.1, 0.15) is 5.75 Å². The molecule has 2 amide bonds. The number of ether oxygens (including phenoxy) is 1. The highest BCUT2D eigenvalue weighted by molar-refractivity contribution is 7.13. The van der Waals surface area contributed by atoms with Gasteiger partial charge in [-0.1, -0.05) is 12.1 Å². The fraction of sp³-hybridized carbons (Fsp3) is 0.294. The highest BCUT2D eigenvalue weighted by atomic mass is 32.1. The molecule has 0 bridgehead atoms. The van der Waals surface area contributed by atoms with Gasteiger partial charge in [-0.2, -0.15) is 5.10 Å². The van der Waals surface area contributed by atoms with Crippen LogP contribution in [-0.4, -0.2) is 29.6 Å². The van der Waals surface area contributed by atoms with E-state index in [1.165, 1.54) is 11.3 Å². The molecule has 0 spiro atoms. The molecule has 2 rings (SSSR count). The van der Waals surface area contributed by atoms with Crippen LogP contribution >= 0.6 is 11.3 Å². The Morgan fingerprint density at radius 3 is 2.62 bits per heavy atom. The number of amides is 2. The summed E-state index contributed by atoms with van der Waals surface area (Å²) in [6, 6.07) is 7.43. The van der Waals surface area contributed by atoms with E-state index in [2.05, 4.69) is 20.8 Å². The van der Waals surface area contributed by atoms with Crippen LogP contribution in [0.1, 0.15) is 24.6 Å². The van der Waals surface area contributed by atoms with E-state index in [0.29, 0.717) is 23.1 Å². The molecule has 0 atom stereocenters. The van der Waals surface area contributed by atoms with E-state index in [4.69, 9.17) is 10.5 Å². The average Bonchev–Trinajstić information content (AvgIpc) is 3.03. The minimum Gasteiger partial charge on any atom is -0.497 e. The van der Waals surface area contributed by atoms with Gasteiger partial charge < -0.3 is 15.8 Å². The second-order valence-corrected chi connectivity index (χ2v) is 6.43. The number of rotatable bonds is 8. The fourth-order valence-corrected chi connectivity index (χ4v) is 2.61. The zero-order valence-electron chi connectivity index (χ0n) is 14.6. The number of nitrogens with two attached hydrogens (primary N) is 1. The smallest absolute Gasteiger partial charge is 0.246 e. The van der Waals surface area contributed by atoms with Crippen LogP contribution in [-0.2, 0) is 22.6 Å². The molecule has 0 saturated heterocycles. The van der Waals surface area contributed by atoms with Crippen LogP contribution in [0.15, 0.2) is 34.7 Å². The molecule has 1 heterocycles. The van der Waals surface area contributed by atoms with Crippen molar-refractivity contribution in [1.29, 1.82) is 0 Å².